The molecule has 0 amide bonds. The summed E-state index contributed by atoms with van der Waals surface area (Å²) in [7, 11) is 1.63. The normalized spacial score (nSPS) is 11.4. The first-order valence-electron chi connectivity index (χ1n) is 8.11. The molecule has 4 heteroatoms. The molecule has 0 spiro atoms. The average Bonchev–Trinajstić information content (AvgIpc) is 2.99. The lowest BCUT2D eigenvalue weighted by molar-refractivity contribution is 0.416. The van der Waals surface area contributed by atoms with Gasteiger partial charge in [0.25, 0.3) is 0 Å². The van der Waals surface area contributed by atoms with E-state index in [0.717, 1.165) is 44.4 Å². The van der Waals surface area contributed by atoms with Crippen LogP contribution >= 0.6 is 0 Å². The van der Waals surface area contributed by atoms with E-state index in [2.05, 4.69) is 0 Å². The van der Waals surface area contributed by atoms with Crippen LogP contribution in [0.5, 0.6) is 5.75 Å². The minimum atomic E-state index is -0.348. The van der Waals surface area contributed by atoms with E-state index in [0.29, 0.717) is 11.1 Å². The van der Waals surface area contributed by atoms with Gasteiger partial charge >= 0.3 is 5.63 Å². The van der Waals surface area contributed by atoms with E-state index in [9.17, 15) is 4.79 Å². The van der Waals surface area contributed by atoms with Gasteiger partial charge in [0.05, 0.1) is 13.4 Å². The summed E-state index contributed by atoms with van der Waals surface area (Å²) in [6.07, 6.45) is 1.73. The van der Waals surface area contributed by atoms with E-state index < -0.39 is 0 Å². The van der Waals surface area contributed by atoms with E-state index >= 15 is 0 Å². The fourth-order valence-corrected chi connectivity index (χ4v) is 3.43. The Hall–Kier alpha value is -3.01. The highest BCUT2D eigenvalue weighted by molar-refractivity contribution is 6.05. The van der Waals surface area contributed by atoms with Crippen molar-refractivity contribution in [1.82, 2.24) is 0 Å². The molecule has 0 bridgehead atoms. The summed E-state index contributed by atoms with van der Waals surface area (Å²) in [5.41, 5.74) is 5.12. The van der Waals surface area contributed by atoms with Crippen LogP contribution in [0.4, 0.5) is 0 Å². The summed E-state index contributed by atoms with van der Waals surface area (Å²) in [6.45, 7) is 5.71. The molecule has 4 rings (SSSR count). The van der Waals surface area contributed by atoms with Gasteiger partial charge in [-0.3, -0.25) is 0 Å². The zero-order valence-corrected chi connectivity index (χ0v) is 14.6. The summed E-state index contributed by atoms with van der Waals surface area (Å²) in [5, 5.41) is 1.91. The summed E-state index contributed by atoms with van der Waals surface area (Å²) in [6, 6.07) is 9.74. The Balaban J connectivity index is 2.25. The smallest absolute Gasteiger partial charge is 0.339 e. The number of rotatable bonds is 2. The molecule has 0 unspecified atom stereocenters. The lowest BCUT2D eigenvalue weighted by Crippen LogP contribution is -2.07. The van der Waals surface area contributed by atoms with Gasteiger partial charge < -0.3 is 13.6 Å². The van der Waals surface area contributed by atoms with Crippen LogP contribution in [0.2, 0.25) is 0 Å². The minimum absolute atomic E-state index is 0.348. The molecule has 0 saturated carbocycles. The number of furan rings is 1. The Bertz CT molecular complexity index is 1180. The second-order valence-corrected chi connectivity index (χ2v) is 6.26. The highest BCUT2D eigenvalue weighted by Gasteiger charge is 2.20. The zero-order chi connectivity index (χ0) is 17.7. The first kappa shape index (κ1) is 15.5. The van der Waals surface area contributed by atoms with Crippen molar-refractivity contribution >= 4 is 21.9 Å². The third kappa shape index (κ3) is 2.18. The van der Waals surface area contributed by atoms with Crippen molar-refractivity contribution in [3.8, 4) is 16.9 Å². The maximum absolute atomic E-state index is 12.5. The summed E-state index contributed by atoms with van der Waals surface area (Å²) >= 11 is 0. The number of aryl methyl sites for hydroxylation is 2. The number of benzene rings is 2. The van der Waals surface area contributed by atoms with Crippen molar-refractivity contribution in [2.45, 2.75) is 20.8 Å². The molecule has 0 fully saturated rings. The highest BCUT2D eigenvalue weighted by Crippen LogP contribution is 2.39. The maximum atomic E-state index is 12.5. The van der Waals surface area contributed by atoms with Gasteiger partial charge in [0, 0.05) is 33.0 Å². The zero-order valence-electron chi connectivity index (χ0n) is 14.6. The molecule has 0 radical (unpaired) electrons. The van der Waals surface area contributed by atoms with Gasteiger partial charge in [0.1, 0.15) is 16.9 Å². The Kier molecular flexibility index (Phi) is 3.42. The van der Waals surface area contributed by atoms with E-state index in [-0.39, 0.29) is 5.63 Å². The predicted molar refractivity (Wildman–Crippen MR) is 98.5 cm³/mol. The molecule has 2 aromatic heterocycles. The third-order valence-electron chi connectivity index (χ3n) is 4.76. The molecule has 0 atom stereocenters. The lowest BCUT2D eigenvalue weighted by Gasteiger charge is -2.14. The molecule has 126 valence electrons. The number of ether oxygens (including phenoxy) is 1. The van der Waals surface area contributed by atoms with E-state index in [1.165, 1.54) is 0 Å². The number of hydrogen-bond donors (Lipinski definition) is 0. The summed E-state index contributed by atoms with van der Waals surface area (Å²) < 4.78 is 16.8. The van der Waals surface area contributed by atoms with E-state index in [1.807, 2.05) is 44.2 Å². The standard InChI is InChI=1S/C21H18O4/c1-11-10-24-19-13(3)20-16(9-15(11)19)18(12(2)21(22)25-20)14-7-5-6-8-17(14)23-4/h5-10H,1-4H3. The molecule has 4 aromatic rings. The van der Waals surface area contributed by atoms with Gasteiger partial charge in [-0.25, -0.2) is 4.79 Å². The molecule has 0 aliphatic heterocycles. The van der Waals surface area contributed by atoms with Gasteiger partial charge in [-0.05, 0) is 38.5 Å². The molecule has 2 aromatic carbocycles. The van der Waals surface area contributed by atoms with Crippen molar-refractivity contribution in [1.29, 1.82) is 0 Å². The average molecular weight is 334 g/mol. The number of hydrogen-bond acceptors (Lipinski definition) is 4. The third-order valence-corrected chi connectivity index (χ3v) is 4.76. The highest BCUT2D eigenvalue weighted by atomic mass is 16.5. The van der Waals surface area contributed by atoms with Gasteiger partial charge in [0.15, 0.2) is 0 Å². The summed E-state index contributed by atoms with van der Waals surface area (Å²) in [5.74, 6) is 0.721. The second kappa shape index (κ2) is 5.52. The lowest BCUT2D eigenvalue weighted by atomic mass is 9.94. The molecule has 25 heavy (non-hydrogen) atoms. The molecule has 0 N–H and O–H groups in total. The molecular formula is C21H18O4. The number of methoxy groups -OCH3 is 1. The molecule has 2 heterocycles. The van der Waals surface area contributed by atoms with Crippen LogP contribution in [0.15, 0.2) is 50.2 Å². The molecule has 0 saturated heterocycles. The maximum Gasteiger partial charge on any atom is 0.339 e. The Morgan fingerprint density at radius 1 is 0.960 bits per heavy atom. The Morgan fingerprint density at radius 3 is 2.48 bits per heavy atom. The topological polar surface area (TPSA) is 52.6 Å². The Labute approximate surface area is 144 Å². The van der Waals surface area contributed by atoms with Gasteiger partial charge in [-0.2, -0.15) is 0 Å². The monoisotopic (exact) mass is 334 g/mol. The fourth-order valence-electron chi connectivity index (χ4n) is 3.43. The first-order chi connectivity index (χ1) is 12.0. The Morgan fingerprint density at radius 2 is 1.72 bits per heavy atom. The number of fused-ring (bicyclic) bond motifs is 2. The quantitative estimate of drug-likeness (QED) is 0.476. The van der Waals surface area contributed by atoms with E-state index in [1.54, 1.807) is 20.3 Å². The van der Waals surface area contributed by atoms with Crippen LogP contribution in [-0.2, 0) is 0 Å². The van der Waals surface area contributed by atoms with Crippen LogP contribution in [0, 0.1) is 20.8 Å². The number of para-hydroxylation sites is 1. The van der Waals surface area contributed by atoms with Crippen molar-refractivity contribution in [2.24, 2.45) is 0 Å². The molecule has 4 nitrogen and oxygen atoms in total. The SMILES string of the molecule is COc1ccccc1-c1c(C)c(=O)oc2c(C)c3occ(C)c3cc12. The van der Waals surface area contributed by atoms with Crippen LogP contribution in [0.3, 0.4) is 0 Å². The summed E-state index contributed by atoms with van der Waals surface area (Å²) in [4.78, 5) is 12.5. The van der Waals surface area contributed by atoms with Crippen LogP contribution in [0.25, 0.3) is 33.1 Å². The van der Waals surface area contributed by atoms with Crippen molar-refractivity contribution < 1.29 is 13.6 Å². The molecular weight excluding hydrogens is 316 g/mol. The van der Waals surface area contributed by atoms with Crippen LogP contribution < -0.4 is 10.4 Å². The fraction of sp³-hybridized carbons (Fsp3) is 0.190. The van der Waals surface area contributed by atoms with Crippen molar-refractivity contribution in [2.75, 3.05) is 7.11 Å². The van der Waals surface area contributed by atoms with Crippen LogP contribution in [0.1, 0.15) is 16.7 Å². The predicted octanol–water partition coefficient (Wildman–Crippen LogP) is 5.14. The van der Waals surface area contributed by atoms with Gasteiger partial charge in [-0.1, -0.05) is 18.2 Å². The van der Waals surface area contributed by atoms with Gasteiger partial charge in [0.2, 0.25) is 0 Å². The minimum Gasteiger partial charge on any atom is -0.496 e. The van der Waals surface area contributed by atoms with Crippen molar-refractivity contribution in [3.05, 3.63) is 63.7 Å². The van der Waals surface area contributed by atoms with Gasteiger partial charge in [-0.15, -0.1) is 0 Å². The molecule has 0 aliphatic carbocycles. The first-order valence-corrected chi connectivity index (χ1v) is 8.11. The molecule has 0 aliphatic rings. The van der Waals surface area contributed by atoms with Crippen molar-refractivity contribution in [3.63, 3.8) is 0 Å². The largest absolute Gasteiger partial charge is 0.496 e. The van der Waals surface area contributed by atoms with E-state index in [4.69, 9.17) is 13.6 Å². The second-order valence-electron chi connectivity index (χ2n) is 6.26. The van der Waals surface area contributed by atoms with Crippen LogP contribution in [-0.4, -0.2) is 7.11 Å².